The van der Waals surface area contributed by atoms with Crippen molar-refractivity contribution in [1.82, 2.24) is 15.3 Å². The van der Waals surface area contributed by atoms with Gasteiger partial charge in [-0.15, -0.1) is 0 Å². The Balaban J connectivity index is 1.59. The van der Waals surface area contributed by atoms with Crippen molar-refractivity contribution >= 4 is 11.0 Å². The summed E-state index contributed by atoms with van der Waals surface area (Å²) in [7, 11) is 0. The van der Waals surface area contributed by atoms with E-state index in [1.165, 1.54) is 12.0 Å². The van der Waals surface area contributed by atoms with E-state index in [1.54, 1.807) is 0 Å². The number of H-pyrrole nitrogens is 2. The van der Waals surface area contributed by atoms with Crippen molar-refractivity contribution in [3.8, 4) is 0 Å². The zero-order chi connectivity index (χ0) is 13.9. The van der Waals surface area contributed by atoms with E-state index in [2.05, 4.69) is 28.3 Å². The molecule has 0 radical (unpaired) electrons. The lowest BCUT2D eigenvalue weighted by Gasteiger charge is -2.15. The van der Waals surface area contributed by atoms with Crippen molar-refractivity contribution < 1.29 is 4.74 Å². The Morgan fingerprint density at radius 3 is 3.05 bits per heavy atom. The maximum Gasteiger partial charge on any atom is 0.323 e. The van der Waals surface area contributed by atoms with E-state index >= 15 is 0 Å². The van der Waals surface area contributed by atoms with Crippen LogP contribution in [0, 0.1) is 5.92 Å². The third-order valence-electron chi connectivity index (χ3n) is 4.07. The van der Waals surface area contributed by atoms with Crippen LogP contribution in [0.3, 0.4) is 0 Å². The summed E-state index contributed by atoms with van der Waals surface area (Å²) < 4.78 is 5.38. The summed E-state index contributed by atoms with van der Waals surface area (Å²) in [5.74, 6) is 0.707. The maximum atomic E-state index is 11.3. The average Bonchev–Trinajstić information content (AvgIpc) is 3.05. The van der Waals surface area contributed by atoms with Gasteiger partial charge in [0.2, 0.25) is 0 Å². The zero-order valence-electron chi connectivity index (χ0n) is 11.7. The second-order valence-electron chi connectivity index (χ2n) is 5.58. The predicted octanol–water partition coefficient (Wildman–Crippen LogP) is 1.93. The number of rotatable bonds is 5. The standard InChI is InChI=1S/C15H21N3O2/c1-10(16-6-4-11-5-7-20-9-11)12-2-3-13-14(8-12)18-15(19)17-13/h2-3,8,10-11,16H,4-7,9H2,1H3,(H2,17,18,19). The molecule has 1 aromatic heterocycles. The molecule has 5 nitrogen and oxygen atoms in total. The Morgan fingerprint density at radius 2 is 2.25 bits per heavy atom. The number of hydrogen-bond donors (Lipinski definition) is 3. The van der Waals surface area contributed by atoms with E-state index in [4.69, 9.17) is 4.74 Å². The van der Waals surface area contributed by atoms with Crippen LogP contribution in [0.1, 0.15) is 31.4 Å². The second kappa shape index (κ2) is 5.81. The molecule has 1 saturated heterocycles. The van der Waals surface area contributed by atoms with Gasteiger partial charge in [-0.1, -0.05) is 6.07 Å². The van der Waals surface area contributed by atoms with Crippen LogP contribution >= 0.6 is 0 Å². The highest BCUT2D eigenvalue weighted by Gasteiger charge is 2.15. The minimum absolute atomic E-state index is 0.154. The van der Waals surface area contributed by atoms with Crippen molar-refractivity contribution in [3.63, 3.8) is 0 Å². The van der Waals surface area contributed by atoms with Gasteiger partial charge in [-0.3, -0.25) is 0 Å². The van der Waals surface area contributed by atoms with Crippen molar-refractivity contribution in [2.75, 3.05) is 19.8 Å². The maximum absolute atomic E-state index is 11.3. The lowest BCUT2D eigenvalue weighted by molar-refractivity contribution is 0.184. The third-order valence-corrected chi connectivity index (χ3v) is 4.07. The second-order valence-corrected chi connectivity index (χ2v) is 5.58. The number of aromatic nitrogens is 2. The van der Waals surface area contributed by atoms with Crippen LogP contribution in [0.5, 0.6) is 0 Å². The summed E-state index contributed by atoms with van der Waals surface area (Å²) >= 11 is 0. The molecule has 1 aliphatic heterocycles. The Labute approximate surface area is 117 Å². The van der Waals surface area contributed by atoms with Crippen LogP contribution in [0.15, 0.2) is 23.0 Å². The monoisotopic (exact) mass is 275 g/mol. The lowest BCUT2D eigenvalue weighted by Crippen LogP contribution is -2.22. The first-order chi connectivity index (χ1) is 9.72. The number of aromatic amines is 2. The first kappa shape index (κ1) is 13.4. The first-order valence-electron chi connectivity index (χ1n) is 7.25. The van der Waals surface area contributed by atoms with Crippen LogP contribution in [0.4, 0.5) is 0 Å². The fraction of sp³-hybridized carbons (Fsp3) is 0.533. The smallest absolute Gasteiger partial charge is 0.323 e. The molecule has 1 aliphatic rings. The summed E-state index contributed by atoms with van der Waals surface area (Å²) in [5.41, 5.74) is 2.76. The summed E-state index contributed by atoms with van der Waals surface area (Å²) in [6.45, 7) is 4.97. The third kappa shape index (κ3) is 2.94. The van der Waals surface area contributed by atoms with E-state index in [0.29, 0.717) is 5.92 Å². The topological polar surface area (TPSA) is 69.9 Å². The van der Waals surface area contributed by atoms with E-state index in [-0.39, 0.29) is 11.7 Å². The lowest BCUT2D eigenvalue weighted by atomic mass is 10.0. The van der Waals surface area contributed by atoms with E-state index in [0.717, 1.165) is 37.2 Å². The quantitative estimate of drug-likeness (QED) is 0.781. The molecule has 2 atom stereocenters. The summed E-state index contributed by atoms with van der Waals surface area (Å²) in [6.07, 6.45) is 2.35. The van der Waals surface area contributed by atoms with Crippen molar-refractivity contribution in [2.24, 2.45) is 5.92 Å². The number of hydrogen-bond acceptors (Lipinski definition) is 3. The van der Waals surface area contributed by atoms with Crippen molar-refractivity contribution in [3.05, 3.63) is 34.2 Å². The number of imidazole rings is 1. The van der Waals surface area contributed by atoms with Crippen LogP contribution in [0.2, 0.25) is 0 Å². The molecule has 3 N–H and O–H groups in total. The largest absolute Gasteiger partial charge is 0.381 e. The van der Waals surface area contributed by atoms with Gasteiger partial charge in [0.15, 0.2) is 0 Å². The van der Waals surface area contributed by atoms with Gasteiger partial charge in [-0.25, -0.2) is 4.79 Å². The molecule has 2 unspecified atom stereocenters. The van der Waals surface area contributed by atoms with Gasteiger partial charge in [0.05, 0.1) is 11.0 Å². The molecular weight excluding hydrogens is 254 g/mol. The van der Waals surface area contributed by atoms with Gasteiger partial charge in [0, 0.05) is 19.3 Å². The molecule has 0 amide bonds. The molecule has 3 rings (SSSR count). The Bertz CT molecular complexity index is 625. The van der Waals surface area contributed by atoms with Crippen LogP contribution in [0.25, 0.3) is 11.0 Å². The molecule has 1 aromatic carbocycles. The minimum Gasteiger partial charge on any atom is -0.381 e. The van der Waals surface area contributed by atoms with Gasteiger partial charge in [0.1, 0.15) is 0 Å². The van der Waals surface area contributed by atoms with Crippen LogP contribution < -0.4 is 11.0 Å². The van der Waals surface area contributed by atoms with Crippen LogP contribution in [-0.4, -0.2) is 29.7 Å². The minimum atomic E-state index is -0.154. The first-order valence-corrected chi connectivity index (χ1v) is 7.25. The highest BCUT2D eigenvalue weighted by Crippen LogP contribution is 2.19. The average molecular weight is 275 g/mol. The van der Waals surface area contributed by atoms with E-state index in [1.807, 2.05) is 12.1 Å². The molecule has 0 aliphatic carbocycles. The highest BCUT2D eigenvalue weighted by molar-refractivity contribution is 5.75. The van der Waals surface area contributed by atoms with Gasteiger partial charge < -0.3 is 20.0 Å². The van der Waals surface area contributed by atoms with Crippen LogP contribution in [-0.2, 0) is 4.74 Å². The fourth-order valence-corrected chi connectivity index (χ4v) is 2.75. The Morgan fingerprint density at radius 1 is 1.40 bits per heavy atom. The molecule has 2 heterocycles. The fourth-order valence-electron chi connectivity index (χ4n) is 2.75. The summed E-state index contributed by atoms with van der Waals surface area (Å²) in [4.78, 5) is 16.8. The zero-order valence-corrected chi connectivity index (χ0v) is 11.7. The molecule has 0 spiro atoms. The normalized spacial score (nSPS) is 20.6. The Hall–Kier alpha value is -1.59. The van der Waals surface area contributed by atoms with Crippen molar-refractivity contribution in [1.29, 1.82) is 0 Å². The highest BCUT2D eigenvalue weighted by atomic mass is 16.5. The summed E-state index contributed by atoms with van der Waals surface area (Å²) in [5, 5.41) is 3.54. The molecule has 20 heavy (non-hydrogen) atoms. The molecule has 0 saturated carbocycles. The Kier molecular flexibility index (Phi) is 3.89. The molecule has 1 fully saturated rings. The predicted molar refractivity (Wildman–Crippen MR) is 78.9 cm³/mol. The number of nitrogens with one attached hydrogen (secondary N) is 3. The number of fused-ring (bicyclic) bond motifs is 1. The van der Waals surface area contributed by atoms with Crippen molar-refractivity contribution in [2.45, 2.75) is 25.8 Å². The molecule has 0 bridgehead atoms. The van der Waals surface area contributed by atoms with Gasteiger partial charge >= 0.3 is 5.69 Å². The summed E-state index contributed by atoms with van der Waals surface area (Å²) in [6, 6.07) is 6.32. The van der Waals surface area contributed by atoms with Gasteiger partial charge in [0.25, 0.3) is 0 Å². The number of benzene rings is 1. The molecule has 5 heteroatoms. The van der Waals surface area contributed by atoms with Gasteiger partial charge in [-0.2, -0.15) is 0 Å². The number of ether oxygens (including phenoxy) is 1. The molecular formula is C15H21N3O2. The molecule has 108 valence electrons. The molecule has 2 aromatic rings. The SMILES string of the molecule is CC(NCCC1CCOC1)c1ccc2[nH]c(=O)[nH]c2c1. The van der Waals surface area contributed by atoms with E-state index in [9.17, 15) is 4.79 Å². The van der Waals surface area contributed by atoms with Gasteiger partial charge in [-0.05, 0) is 49.9 Å². The van der Waals surface area contributed by atoms with E-state index < -0.39 is 0 Å².